The van der Waals surface area contributed by atoms with Crippen LogP contribution in [0.25, 0.3) is 0 Å². The van der Waals surface area contributed by atoms with Crippen molar-refractivity contribution in [2.75, 3.05) is 12.4 Å². The number of ether oxygens (including phenoxy) is 1. The summed E-state index contributed by atoms with van der Waals surface area (Å²) in [6.07, 6.45) is 0. The van der Waals surface area contributed by atoms with Gasteiger partial charge in [0.1, 0.15) is 6.07 Å². The number of nitrogens with one attached hydrogen (secondary N) is 1. The zero-order valence-corrected chi connectivity index (χ0v) is 9.92. The Labute approximate surface area is 105 Å². The van der Waals surface area contributed by atoms with E-state index >= 15 is 0 Å². The first kappa shape index (κ1) is 11.9. The third-order valence-corrected chi connectivity index (χ3v) is 2.41. The molecule has 0 aliphatic carbocycles. The minimum absolute atomic E-state index is 0.483. The minimum atomic E-state index is 0.483. The molecule has 0 aliphatic heterocycles. The predicted octanol–water partition coefficient (Wildman–Crippen LogP) is 1.97. The van der Waals surface area contributed by atoms with Crippen molar-refractivity contribution in [1.29, 1.82) is 5.26 Å². The normalized spacial score (nSPS) is 9.56. The van der Waals surface area contributed by atoms with Crippen LogP contribution in [0.5, 0.6) is 5.88 Å². The molecule has 1 N–H and O–H groups in total. The zero-order valence-electron chi connectivity index (χ0n) is 9.92. The zero-order chi connectivity index (χ0) is 12.8. The van der Waals surface area contributed by atoms with Gasteiger partial charge in [-0.3, -0.25) is 0 Å². The van der Waals surface area contributed by atoms with E-state index in [1.54, 1.807) is 19.2 Å². The topological polar surface area (TPSA) is 70.8 Å². The van der Waals surface area contributed by atoms with Crippen LogP contribution in [0.4, 0.5) is 5.69 Å². The molecule has 0 radical (unpaired) electrons. The Morgan fingerprint density at radius 3 is 2.72 bits per heavy atom. The number of hydrogen-bond donors (Lipinski definition) is 1. The van der Waals surface area contributed by atoms with Gasteiger partial charge in [-0.15, -0.1) is 5.10 Å². The molecule has 0 saturated carbocycles. The monoisotopic (exact) mass is 240 g/mol. The molecule has 0 unspecified atom stereocenters. The second-order valence-corrected chi connectivity index (χ2v) is 3.58. The first-order valence-corrected chi connectivity index (χ1v) is 5.43. The smallest absolute Gasteiger partial charge is 0.233 e. The first-order chi connectivity index (χ1) is 8.83. The Morgan fingerprint density at radius 2 is 2.06 bits per heavy atom. The van der Waals surface area contributed by atoms with E-state index in [0.29, 0.717) is 18.0 Å². The van der Waals surface area contributed by atoms with Crippen LogP contribution in [0.3, 0.4) is 0 Å². The largest absolute Gasteiger partial charge is 0.480 e. The Morgan fingerprint density at radius 1 is 1.22 bits per heavy atom. The fourth-order valence-corrected chi connectivity index (χ4v) is 1.47. The first-order valence-electron chi connectivity index (χ1n) is 5.43. The summed E-state index contributed by atoms with van der Waals surface area (Å²) in [6.45, 7) is 0.510. The summed E-state index contributed by atoms with van der Waals surface area (Å²) in [5, 5.41) is 20.0. The number of aromatic nitrogens is 2. The van der Waals surface area contributed by atoms with Crippen molar-refractivity contribution >= 4 is 5.69 Å². The Bertz CT molecular complexity index is 560. The summed E-state index contributed by atoms with van der Waals surface area (Å²) in [5.41, 5.74) is 2.18. The molecule has 90 valence electrons. The van der Waals surface area contributed by atoms with Crippen LogP contribution in [-0.2, 0) is 6.54 Å². The number of nitrogens with zero attached hydrogens (tertiary/aromatic N) is 3. The van der Waals surface area contributed by atoms with Crippen LogP contribution >= 0.6 is 0 Å². The highest BCUT2D eigenvalue weighted by molar-refractivity contribution is 5.57. The highest BCUT2D eigenvalue weighted by Crippen LogP contribution is 2.14. The molecule has 2 aromatic rings. The summed E-state index contributed by atoms with van der Waals surface area (Å²) in [7, 11) is 1.55. The minimum Gasteiger partial charge on any atom is -0.480 e. The SMILES string of the molecule is COc1ccc(CNc2ccccc2C#N)nn1. The van der Waals surface area contributed by atoms with Gasteiger partial charge in [-0.2, -0.15) is 10.4 Å². The molecule has 0 fully saturated rings. The number of benzene rings is 1. The molecule has 0 saturated heterocycles. The fourth-order valence-electron chi connectivity index (χ4n) is 1.47. The molecule has 5 heteroatoms. The molecule has 1 heterocycles. The molecule has 2 rings (SSSR count). The van der Waals surface area contributed by atoms with E-state index in [-0.39, 0.29) is 0 Å². The van der Waals surface area contributed by atoms with Crippen LogP contribution in [0.1, 0.15) is 11.3 Å². The van der Waals surface area contributed by atoms with Gasteiger partial charge >= 0.3 is 0 Å². The Hall–Kier alpha value is -2.61. The van der Waals surface area contributed by atoms with Crippen molar-refractivity contribution in [2.45, 2.75) is 6.54 Å². The van der Waals surface area contributed by atoms with E-state index in [9.17, 15) is 0 Å². The van der Waals surface area contributed by atoms with Crippen LogP contribution in [0, 0.1) is 11.3 Å². The van der Waals surface area contributed by atoms with Gasteiger partial charge in [-0.05, 0) is 18.2 Å². The lowest BCUT2D eigenvalue weighted by molar-refractivity contribution is 0.391. The van der Waals surface area contributed by atoms with Gasteiger partial charge in [-0.25, -0.2) is 0 Å². The maximum absolute atomic E-state index is 8.95. The number of para-hydroxylation sites is 1. The molecule has 1 aromatic carbocycles. The summed E-state index contributed by atoms with van der Waals surface area (Å²) in [5.74, 6) is 0.483. The van der Waals surface area contributed by atoms with Crippen molar-refractivity contribution in [3.05, 3.63) is 47.7 Å². The second kappa shape index (κ2) is 5.64. The van der Waals surface area contributed by atoms with E-state index in [1.807, 2.05) is 24.3 Å². The van der Waals surface area contributed by atoms with Crippen molar-refractivity contribution in [3.8, 4) is 11.9 Å². The maximum Gasteiger partial charge on any atom is 0.233 e. The van der Waals surface area contributed by atoms with Crippen molar-refractivity contribution < 1.29 is 4.74 Å². The lowest BCUT2D eigenvalue weighted by Gasteiger charge is -2.07. The van der Waals surface area contributed by atoms with Gasteiger partial charge in [0, 0.05) is 6.07 Å². The standard InChI is InChI=1S/C13H12N4O/c1-18-13-7-6-11(16-17-13)9-15-12-5-3-2-4-10(12)8-14/h2-7,15H,9H2,1H3. The van der Waals surface area contributed by atoms with Crippen molar-refractivity contribution in [2.24, 2.45) is 0 Å². The van der Waals surface area contributed by atoms with E-state index in [1.165, 1.54) is 0 Å². The summed E-state index contributed by atoms with van der Waals surface area (Å²) in [4.78, 5) is 0. The Kier molecular flexibility index (Phi) is 3.72. The summed E-state index contributed by atoms with van der Waals surface area (Å²) in [6, 6.07) is 13.0. The van der Waals surface area contributed by atoms with Gasteiger partial charge in [-0.1, -0.05) is 12.1 Å². The molecule has 1 aromatic heterocycles. The van der Waals surface area contributed by atoms with E-state index in [2.05, 4.69) is 21.6 Å². The lowest BCUT2D eigenvalue weighted by atomic mass is 10.2. The highest BCUT2D eigenvalue weighted by atomic mass is 16.5. The molecule has 0 amide bonds. The number of methoxy groups -OCH3 is 1. The third kappa shape index (κ3) is 2.74. The van der Waals surface area contributed by atoms with Gasteiger partial charge in [0.2, 0.25) is 5.88 Å². The second-order valence-electron chi connectivity index (χ2n) is 3.58. The van der Waals surface area contributed by atoms with Crippen LogP contribution in [0.15, 0.2) is 36.4 Å². The van der Waals surface area contributed by atoms with E-state index < -0.39 is 0 Å². The molecule has 18 heavy (non-hydrogen) atoms. The van der Waals surface area contributed by atoms with E-state index in [0.717, 1.165) is 11.4 Å². The maximum atomic E-state index is 8.95. The molecule has 0 atom stereocenters. The molecule has 0 spiro atoms. The third-order valence-electron chi connectivity index (χ3n) is 2.41. The predicted molar refractivity (Wildman–Crippen MR) is 67.1 cm³/mol. The summed E-state index contributed by atoms with van der Waals surface area (Å²) < 4.78 is 4.93. The van der Waals surface area contributed by atoms with Crippen LogP contribution in [0.2, 0.25) is 0 Å². The number of rotatable bonds is 4. The molecule has 5 nitrogen and oxygen atoms in total. The average Bonchev–Trinajstić information content (AvgIpc) is 2.46. The van der Waals surface area contributed by atoms with Crippen LogP contribution in [-0.4, -0.2) is 17.3 Å². The Balaban J connectivity index is 2.05. The number of hydrogen-bond acceptors (Lipinski definition) is 5. The highest BCUT2D eigenvalue weighted by Gasteiger charge is 2.01. The number of nitriles is 1. The fraction of sp³-hybridized carbons (Fsp3) is 0.154. The molecular weight excluding hydrogens is 228 g/mol. The van der Waals surface area contributed by atoms with Gasteiger partial charge in [0.15, 0.2) is 0 Å². The number of anilines is 1. The van der Waals surface area contributed by atoms with E-state index in [4.69, 9.17) is 10.00 Å². The summed E-state index contributed by atoms with van der Waals surface area (Å²) >= 11 is 0. The average molecular weight is 240 g/mol. The molecular formula is C13H12N4O. The van der Waals surface area contributed by atoms with Crippen molar-refractivity contribution in [3.63, 3.8) is 0 Å². The molecule has 0 aliphatic rings. The lowest BCUT2D eigenvalue weighted by Crippen LogP contribution is -2.04. The van der Waals surface area contributed by atoms with Gasteiger partial charge < -0.3 is 10.1 Å². The quantitative estimate of drug-likeness (QED) is 0.884. The van der Waals surface area contributed by atoms with Gasteiger partial charge in [0.25, 0.3) is 0 Å². The van der Waals surface area contributed by atoms with Gasteiger partial charge in [0.05, 0.1) is 30.6 Å². The van der Waals surface area contributed by atoms with Crippen molar-refractivity contribution in [1.82, 2.24) is 10.2 Å². The molecule has 0 bridgehead atoms. The van der Waals surface area contributed by atoms with Crippen LogP contribution < -0.4 is 10.1 Å².